The first-order chi connectivity index (χ1) is 9.60. The lowest BCUT2D eigenvalue weighted by Gasteiger charge is -2.36. The summed E-state index contributed by atoms with van der Waals surface area (Å²) in [5.41, 5.74) is 8.34. The molecular weight excluding hydrogens is 295 g/mol. The summed E-state index contributed by atoms with van der Waals surface area (Å²) in [5, 5.41) is 11.1. The highest BCUT2D eigenvalue weighted by Crippen LogP contribution is 2.42. The number of nitrogens with zero attached hydrogens (tertiary/aromatic N) is 1. The number of benzene rings is 1. The molecule has 1 aromatic carbocycles. The van der Waals surface area contributed by atoms with Gasteiger partial charge in [-0.2, -0.15) is 0 Å². The van der Waals surface area contributed by atoms with E-state index in [1.165, 1.54) is 5.56 Å². The van der Waals surface area contributed by atoms with E-state index in [9.17, 15) is 5.11 Å². The average molecular weight is 315 g/mol. The zero-order valence-corrected chi connectivity index (χ0v) is 12.9. The summed E-state index contributed by atoms with van der Waals surface area (Å²) in [7, 11) is 0. The standard InChI is InChI=1S/C15H20Cl2N2O/c16-9-5-12-13(14(17)6-9)8-19(15(12)7-18)10-1-3-11(20)4-2-10/h5-6,10-11,15,20H,1-4,7-8,18H2. The van der Waals surface area contributed by atoms with Crippen molar-refractivity contribution >= 4 is 23.2 Å². The van der Waals surface area contributed by atoms with Gasteiger partial charge in [-0.1, -0.05) is 23.2 Å². The lowest BCUT2D eigenvalue weighted by molar-refractivity contribution is 0.0571. The zero-order valence-electron chi connectivity index (χ0n) is 11.4. The highest BCUT2D eigenvalue weighted by molar-refractivity contribution is 6.35. The van der Waals surface area contributed by atoms with Crippen molar-refractivity contribution < 1.29 is 5.11 Å². The van der Waals surface area contributed by atoms with Crippen LogP contribution in [0, 0.1) is 0 Å². The average Bonchev–Trinajstić information content (AvgIpc) is 2.78. The van der Waals surface area contributed by atoms with Gasteiger partial charge in [0.25, 0.3) is 0 Å². The Hall–Kier alpha value is -0.320. The first-order valence-electron chi connectivity index (χ1n) is 7.22. The first-order valence-corrected chi connectivity index (χ1v) is 7.97. The molecule has 0 saturated heterocycles. The minimum Gasteiger partial charge on any atom is -0.393 e. The molecule has 0 bridgehead atoms. The third kappa shape index (κ3) is 2.58. The number of aliphatic hydroxyl groups excluding tert-OH is 1. The molecule has 0 radical (unpaired) electrons. The second kappa shape index (κ2) is 5.82. The molecule has 3 rings (SSSR count). The number of halogens is 2. The number of rotatable bonds is 2. The van der Waals surface area contributed by atoms with Crippen molar-refractivity contribution in [1.82, 2.24) is 4.90 Å². The van der Waals surface area contributed by atoms with Crippen molar-refractivity contribution in [2.45, 2.75) is 50.4 Å². The third-order valence-electron chi connectivity index (χ3n) is 4.65. The maximum absolute atomic E-state index is 9.67. The summed E-state index contributed by atoms with van der Waals surface area (Å²) in [5.74, 6) is 0. The number of hydrogen-bond donors (Lipinski definition) is 2. The van der Waals surface area contributed by atoms with Crippen molar-refractivity contribution in [1.29, 1.82) is 0 Å². The van der Waals surface area contributed by atoms with Gasteiger partial charge >= 0.3 is 0 Å². The first kappa shape index (κ1) is 14.6. The van der Waals surface area contributed by atoms with Crippen LogP contribution in [0.25, 0.3) is 0 Å². The topological polar surface area (TPSA) is 49.5 Å². The van der Waals surface area contributed by atoms with Crippen LogP contribution in [-0.2, 0) is 6.54 Å². The molecular formula is C15H20Cl2N2O. The van der Waals surface area contributed by atoms with Gasteiger partial charge in [0, 0.05) is 35.2 Å². The Balaban J connectivity index is 1.87. The van der Waals surface area contributed by atoms with Crippen LogP contribution in [0.3, 0.4) is 0 Å². The lowest BCUT2D eigenvalue weighted by Crippen LogP contribution is -2.40. The molecule has 3 N–H and O–H groups in total. The van der Waals surface area contributed by atoms with E-state index in [0.29, 0.717) is 17.6 Å². The quantitative estimate of drug-likeness (QED) is 0.881. The van der Waals surface area contributed by atoms with Gasteiger partial charge in [-0.3, -0.25) is 4.90 Å². The SMILES string of the molecule is NCC1c2cc(Cl)cc(Cl)c2CN1C1CCC(O)CC1. The number of fused-ring (bicyclic) bond motifs is 1. The van der Waals surface area contributed by atoms with Crippen LogP contribution < -0.4 is 5.73 Å². The fourth-order valence-electron chi connectivity index (χ4n) is 3.59. The highest BCUT2D eigenvalue weighted by Gasteiger charge is 2.36. The van der Waals surface area contributed by atoms with E-state index in [0.717, 1.165) is 42.8 Å². The molecule has 110 valence electrons. The van der Waals surface area contributed by atoms with Crippen molar-refractivity contribution in [3.63, 3.8) is 0 Å². The molecule has 20 heavy (non-hydrogen) atoms. The van der Waals surface area contributed by atoms with Crippen molar-refractivity contribution in [3.05, 3.63) is 33.3 Å². The predicted octanol–water partition coefficient (Wildman–Crippen LogP) is 3.11. The Morgan fingerprint density at radius 1 is 1.20 bits per heavy atom. The summed E-state index contributed by atoms with van der Waals surface area (Å²) in [6.07, 6.45) is 3.67. The van der Waals surface area contributed by atoms with Crippen molar-refractivity contribution in [3.8, 4) is 0 Å². The normalized spacial score (nSPS) is 30.5. The molecule has 5 heteroatoms. The van der Waals surface area contributed by atoms with E-state index in [-0.39, 0.29) is 12.1 Å². The van der Waals surface area contributed by atoms with Crippen LogP contribution in [0.5, 0.6) is 0 Å². The van der Waals surface area contributed by atoms with E-state index < -0.39 is 0 Å². The molecule has 1 heterocycles. The second-order valence-electron chi connectivity index (χ2n) is 5.84. The smallest absolute Gasteiger partial charge is 0.0541 e. The number of hydrogen-bond acceptors (Lipinski definition) is 3. The molecule has 0 spiro atoms. The maximum atomic E-state index is 9.67. The molecule has 3 nitrogen and oxygen atoms in total. The van der Waals surface area contributed by atoms with Crippen LogP contribution in [0.15, 0.2) is 12.1 Å². The van der Waals surface area contributed by atoms with Crippen LogP contribution in [0.4, 0.5) is 0 Å². The largest absolute Gasteiger partial charge is 0.393 e. The summed E-state index contributed by atoms with van der Waals surface area (Å²) in [6, 6.07) is 4.48. The van der Waals surface area contributed by atoms with Crippen LogP contribution >= 0.6 is 23.2 Å². The van der Waals surface area contributed by atoms with Gasteiger partial charge in [-0.25, -0.2) is 0 Å². The molecule has 1 unspecified atom stereocenters. The highest BCUT2D eigenvalue weighted by atomic mass is 35.5. The molecule has 1 atom stereocenters. The Labute approximate surface area is 129 Å². The fraction of sp³-hybridized carbons (Fsp3) is 0.600. The van der Waals surface area contributed by atoms with Gasteiger partial charge in [-0.05, 0) is 48.9 Å². The Bertz CT molecular complexity index is 501. The van der Waals surface area contributed by atoms with E-state index in [1.807, 2.05) is 12.1 Å². The lowest BCUT2D eigenvalue weighted by atomic mass is 9.91. The molecule has 1 aliphatic heterocycles. The van der Waals surface area contributed by atoms with Gasteiger partial charge in [0.15, 0.2) is 0 Å². The molecule has 2 aliphatic rings. The minimum atomic E-state index is -0.134. The third-order valence-corrected chi connectivity index (χ3v) is 5.21. The van der Waals surface area contributed by atoms with E-state index in [1.54, 1.807) is 0 Å². The van der Waals surface area contributed by atoms with Gasteiger partial charge in [0.1, 0.15) is 0 Å². The Kier molecular flexibility index (Phi) is 4.25. The van der Waals surface area contributed by atoms with E-state index in [2.05, 4.69) is 4.90 Å². The molecule has 1 saturated carbocycles. The molecule has 1 aromatic rings. The van der Waals surface area contributed by atoms with Crippen LogP contribution in [0.1, 0.15) is 42.9 Å². The van der Waals surface area contributed by atoms with Crippen molar-refractivity contribution in [2.24, 2.45) is 5.73 Å². The molecule has 1 fully saturated rings. The summed E-state index contributed by atoms with van der Waals surface area (Å²) in [6.45, 7) is 1.41. The maximum Gasteiger partial charge on any atom is 0.0541 e. The van der Waals surface area contributed by atoms with Crippen LogP contribution in [0.2, 0.25) is 10.0 Å². The molecule has 0 aromatic heterocycles. The monoisotopic (exact) mass is 314 g/mol. The van der Waals surface area contributed by atoms with Crippen molar-refractivity contribution in [2.75, 3.05) is 6.54 Å². The predicted molar refractivity (Wildman–Crippen MR) is 82.1 cm³/mol. The number of aliphatic hydroxyl groups is 1. The Morgan fingerprint density at radius 3 is 2.55 bits per heavy atom. The summed E-state index contributed by atoms with van der Waals surface area (Å²) < 4.78 is 0. The zero-order chi connectivity index (χ0) is 14.3. The fourth-order valence-corrected chi connectivity index (χ4v) is 4.16. The van der Waals surface area contributed by atoms with Crippen LogP contribution in [-0.4, -0.2) is 28.7 Å². The van der Waals surface area contributed by atoms with Gasteiger partial charge in [0.2, 0.25) is 0 Å². The summed E-state index contributed by atoms with van der Waals surface area (Å²) >= 11 is 12.5. The summed E-state index contributed by atoms with van der Waals surface area (Å²) in [4.78, 5) is 2.44. The molecule has 0 amide bonds. The van der Waals surface area contributed by atoms with Gasteiger partial charge < -0.3 is 10.8 Å². The second-order valence-corrected chi connectivity index (χ2v) is 6.69. The number of nitrogens with two attached hydrogens (primary N) is 1. The van der Waals surface area contributed by atoms with E-state index in [4.69, 9.17) is 28.9 Å². The van der Waals surface area contributed by atoms with E-state index >= 15 is 0 Å². The van der Waals surface area contributed by atoms with Gasteiger partial charge in [0.05, 0.1) is 6.10 Å². The minimum absolute atomic E-state index is 0.134. The molecule has 1 aliphatic carbocycles. The Morgan fingerprint density at radius 2 is 1.90 bits per heavy atom. The van der Waals surface area contributed by atoms with Gasteiger partial charge in [-0.15, -0.1) is 0 Å².